The smallest absolute Gasteiger partial charge is 0.338 e. The van der Waals surface area contributed by atoms with Gasteiger partial charge in [-0.3, -0.25) is 9.10 Å². The van der Waals surface area contributed by atoms with Crippen LogP contribution in [0.1, 0.15) is 29.8 Å². The number of ether oxygens (including phenoxy) is 2. The number of hydrogen-bond acceptors (Lipinski definition) is 6. The van der Waals surface area contributed by atoms with Gasteiger partial charge < -0.3 is 14.8 Å². The monoisotopic (exact) mass is 434 g/mol. The molecule has 30 heavy (non-hydrogen) atoms. The minimum atomic E-state index is -3.80. The summed E-state index contributed by atoms with van der Waals surface area (Å²) >= 11 is 0. The van der Waals surface area contributed by atoms with E-state index in [0.29, 0.717) is 17.0 Å². The molecule has 9 heteroatoms. The Hall–Kier alpha value is -3.07. The first kappa shape index (κ1) is 23.2. The van der Waals surface area contributed by atoms with Crippen molar-refractivity contribution >= 4 is 33.3 Å². The topological polar surface area (TPSA) is 102 Å². The summed E-state index contributed by atoms with van der Waals surface area (Å²) in [7, 11) is -2.36. The van der Waals surface area contributed by atoms with Crippen LogP contribution in [0.4, 0.5) is 11.4 Å². The van der Waals surface area contributed by atoms with Crippen molar-refractivity contribution in [1.29, 1.82) is 0 Å². The summed E-state index contributed by atoms with van der Waals surface area (Å²) in [5, 5.41) is 2.68. The van der Waals surface area contributed by atoms with Crippen LogP contribution in [-0.2, 0) is 19.6 Å². The van der Waals surface area contributed by atoms with Crippen molar-refractivity contribution in [3.63, 3.8) is 0 Å². The molecule has 0 aliphatic heterocycles. The molecule has 0 aromatic heterocycles. The summed E-state index contributed by atoms with van der Waals surface area (Å²) in [5.74, 6) is -0.657. The Kier molecular flexibility index (Phi) is 7.44. The molecular weight excluding hydrogens is 408 g/mol. The highest BCUT2D eigenvalue weighted by Gasteiger charge is 2.31. The van der Waals surface area contributed by atoms with Crippen LogP contribution in [0.25, 0.3) is 0 Å². The maximum absolute atomic E-state index is 12.8. The normalized spacial score (nSPS) is 12.0. The summed E-state index contributed by atoms with van der Waals surface area (Å²) in [5.41, 5.74) is 1.87. The molecule has 0 spiro atoms. The predicted molar refractivity (Wildman–Crippen MR) is 116 cm³/mol. The largest absolute Gasteiger partial charge is 0.495 e. The van der Waals surface area contributed by atoms with Gasteiger partial charge in [0, 0.05) is 5.69 Å². The summed E-state index contributed by atoms with van der Waals surface area (Å²) in [6, 6.07) is 10.2. The average molecular weight is 435 g/mol. The number of rotatable bonds is 8. The lowest BCUT2D eigenvalue weighted by Gasteiger charge is -2.29. The van der Waals surface area contributed by atoms with Gasteiger partial charge in [0.2, 0.25) is 15.9 Å². The number of anilines is 2. The Morgan fingerprint density at radius 3 is 2.30 bits per heavy atom. The van der Waals surface area contributed by atoms with Crippen molar-refractivity contribution < 1.29 is 27.5 Å². The van der Waals surface area contributed by atoms with E-state index in [1.807, 2.05) is 6.92 Å². The highest BCUT2D eigenvalue weighted by molar-refractivity contribution is 7.92. The summed E-state index contributed by atoms with van der Waals surface area (Å²) in [6.45, 7) is 5.29. The average Bonchev–Trinajstić information content (AvgIpc) is 2.68. The second kappa shape index (κ2) is 9.62. The molecule has 0 saturated carbocycles. The van der Waals surface area contributed by atoms with Crippen molar-refractivity contribution in [3.8, 4) is 5.75 Å². The number of nitrogens with zero attached hydrogens (tertiary/aromatic N) is 1. The maximum Gasteiger partial charge on any atom is 0.338 e. The molecule has 0 fully saturated rings. The second-order valence-corrected chi connectivity index (χ2v) is 8.56. The molecule has 0 aliphatic carbocycles. The van der Waals surface area contributed by atoms with Gasteiger partial charge in [0.15, 0.2) is 0 Å². The molecular formula is C21H26N2O6S. The first-order chi connectivity index (χ1) is 14.1. The Bertz CT molecular complexity index is 1020. The van der Waals surface area contributed by atoms with Gasteiger partial charge in [0.1, 0.15) is 11.8 Å². The van der Waals surface area contributed by atoms with Crippen LogP contribution in [0.2, 0.25) is 0 Å². The Morgan fingerprint density at radius 2 is 1.77 bits per heavy atom. The fourth-order valence-electron chi connectivity index (χ4n) is 2.90. The van der Waals surface area contributed by atoms with E-state index in [-0.39, 0.29) is 12.3 Å². The molecule has 8 nitrogen and oxygen atoms in total. The van der Waals surface area contributed by atoms with Crippen molar-refractivity contribution in [1.82, 2.24) is 0 Å². The number of amides is 1. The van der Waals surface area contributed by atoms with Gasteiger partial charge in [-0.25, -0.2) is 13.2 Å². The molecule has 1 N–H and O–H groups in total. The first-order valence-electron chi connectivity index (χ1n) is 9.30. The molecule has 0 saturated heterocycles. The van der Waals surface area contributed by atoms with Crippen molar-refractivity contribution in [2.45, 2.75) is 26.8 Å². The summed E-state index contributed by atoms with van der Waals surface area (Å²) in [4.78, 5) is 24.6. The van der Waals surface area contributed by atoms with Crippen LogP contribution in [-0.4, -0.2) is 46.3 Å². The standard InChI is InChI=1S/C21H26N2O6S/c1-6-29-21(25)16-8-10-17(11-9-16)22-20(24)15(3)23(30(5,26)27)18-13-14(2)7-12-19(18)28-4/h7-13,15H,6H2,1-5H3,(H,22,24). The second-order valence-electron chi connectivity index (χ2n) is 6.70. The van der Waals surface area contributed by atoms with Gasteiger partial charge in [-0.2, -0.15) is 0 Å². The minimum Gasteiger partial charge on any atom is -0.495 e. The van der Waals surface area contributed by atoms with Gasteiger partial charge >= 0.3 is 5.97 Å². The molecule has 2 aromatic rings. The number of hydrogen-bond donors (Lipinski definition) is 1. The van der Waals surface area contributed by atoms with E-state index in [1.165, 1.54) is 26.2 Å². The van der Waals surface area contributed by atoms with Gasteiger partial charge in [-0.15, -0.1) is 0 Å². The number of methoxy groups -OCH3 is 1. The molecule has 1 unspecified atom stereocenters. The third-order valence-corrected chi connectivity index (χ3v) is 5.55. The molecule has 1 atom stereocenters. The van der Waals surface area contributed by atoms with Crippen molar-refractivity contribution in [2.75, 3.05) is 29.6 Å². The first-order valence-corrected chi connectivity index (χ1v) is 11.2. The van der Waals surface area contributed by atoms with Crippen LogP contribution in [0.5, 0.6) is 5.75 Å². The van der Waals surface area contributed by atoms with E-state index < -0.39 is 27.9 Å². The summed E-state index contributed by atoms with van der Waals surface area (Å²) < 4.78 is 36.3. The summed E-state index contributed by atoms with van der Waals surface area (Å²) in [6.07, 6.45) is 1.03. The number of esters is 1. The lowest BCUT2D eigenvalue weighted by Crippen LogP contribution is -2.45. The highest BCUT2D eigenvalue weighted by atomic mass is 32.2. The molecule has 162 valence electrons. The molecule has 2 rings (SSSR count). The molecule has 0 aliphatic rings. The Labute approximate surface area is 176 Å². The SMILES string of the molecule is CCOC(=O)c1ccc(NC(=O)C(C)N(c2cc(C)ccc2OC)S(C)(=O)=O)cc1. The third kappa shape index (κ3) is 5.50. The molecule has 2 aromatic carbocycles. The molecule has 1 amide bonds. The molecule has 0 heterocycles. The van der Waals surface area contributed by atoms with Gasteiger partial charge in [0.05, 0.1) is 31.2 Å². The highest BCUT2D eigenvalue weighted by Crippen LogP contribution is 2.32. The number of carbonyl (C=O) groups excluding carboxylic acids is 2. The van der Waals surface area contributed by atoms with E-state index in [2.05, 4.69) is 5.32 Å². The van der Waals surface area contributed by atoms with Crippen LogP contribution >= 0.6 is 0 Å². The van der Waals surface area contributed by atoms with Crippen molar-refractivity contribution in [3.05, 3.63) is 53.6 Å². The van der Waals surface area contributed by atoms with E-state index in [0.717, 1.165) is 16.1 Å². The zero-order valence-corrected chi connectivity index (χ0v) is 18.4. The number of benzene rings is 2. The fraction of sp³-hybridized carbons (Fsp3) is 0.333. The van der Waals surface area contributed by atoms with Crippen LogP contribution < -0.4 is 14.4 Å². The van der Waals surface area contributed by atoms with E-state index in [1.54, 1.807) is 37.3 Å². The Balaban J connectivity index is 2.29. The Morgan fingerprint density at radius 1 is 1.13 bits per heavy atom. The zero-order chi connectivity index (χ0) is 22.5. The van der Waals surface area contributed by atoms with Crippen molar-refractivity contribution in [2.24, 2.45) is 0 Å². The zero-order valence-electron chi connectivity index (χ0n) is 17.6. The van der Waals surface area contributed by atoms with Gasteiger partial charge in [-0.05, 0) is 62.7 Å². The van der Waals surface area contributed by atoms with Gasteiger partial charge in [-0.1, -0.05) is 6.07 Å². The number of nitrogens with one attached hydrogen (secondary N) is 1. The van der Waals surface area contributed by atoms with Crippen LogP contribution in [0.15, 0.2) is 42.5 Å². The quantitative estimate of drug-likeness (QED) is 0.641. The number of carbonyl (C=O) groups is 2. The lowest BCUT2D eigenvalue weighted by molar-refractivity contribution is -0.116. The third-order valence-electron chi connectivity index (χ3n) is 4.32. The maximum atomic E-state index is 12.8. The van der Waals surface area contributed by atoms with E-state index in [4.69, 9.17) is 9.47 Å². The lowest BCUT2D eigenvalue weighted by atomic mass is 10.1. The number of aryl methyl sites for hydroxylation is 1. The van der Waals surface area contributed by atoms with Gasteiger partial charge in [0.25, 0.3) is 0 Å². The minimum absolute atomic E-state index is 0.262. The predicted octanol–water partition coefficient (Wildman–Crippen LogP) is 2.97. The molecule has 0 radical (unpaired) electrons. The van der Waals surface area contributed by atoms with Crippen LogP contribution in [0.3, 0.4) is 0 Å². The fourth-order valence-corrected chi connectivity index (χ4v) is 4.07. The van der Waals surface area contributed by atoms with E-state index in [9.17, 15) is 18.0 Å². The van der Waals surface area contributed by atoms with E-state index >= 15 is 0 Å². The molecule has 0 bridgehead atoms. The van der Waals surface area contributed by atoms with Crippen LogP contribution in [0, 0.1) is 6.92 Å². The number of sulfonamides is 1.